The van der Waals surface area contributed by atoms with E-state index in [-0.39, 0.29) is 10.6 Å². The minimum absolute atomic E-state index is 0.0815. The molecule has 4 rings (SSSR count). The molecule has 0 aliphatic rings. The van der Waals surface area contributed by atoms with Crippen LogP contribution in [-0.2, 0) is 0 Å². The first-order chi connectivity index (χ1) is 15.0. The molecule has 0 unspecified atom stereocenters. The number of hydrogen-bond acceptors (Lipinski definition) is 4. The summed E-state index contributed by atoms with van der Waals surface area (Å²) in [5.74, 6) is 0.932. The monoisotopic (exact) mass is 436 g/mol. The number of methoxy groups -OCH3 is 2. The molecule has 5 nitrogen and oxygen atoms in total. The van der Waals surface area contributed by atoms with Crippen LogP contribution in [0.15, 0.2) is 65.5 Å². The SMILES string of the molecule is COc1cccc(C=Cc2nc3ccccc3c(=O)n2-c2ccc(F)c(Cl)c2)c1OC. The maximum absolute atomic E-state index is 13.7. The molecule has 0 aliphatic carbocycles. The summed E-state index contributed by atoms with van der Waals surface area (Å²) in [7, 11) is 3.12. The Morgan fingerprint density at radius 3 is 2.55 bits per heavy atom. The van der Waals surface area contributed by atoms with Crippen LogP contribution in [0.25, 0.3) is 28.7 Å². The Hall–Kier alpha value is -3.64. The first-order valence-corrected chi connectivity index (χ1v) is 9.77. The van der Waals surface area contributed by atoms with Gasteiger partial charge in [0.05, 0.1) is 35.8 Å². The van der Waals surface area contributed by atoms with Crippen LogP contribution in [-0.4, -0.2) is 23.8 Å². The molecule has 1 heterocycles. The Morgan fingerprint density at radius 1 is 1.00 bits per heavy atom. The lowest BCUT2D eigenvalue weighted by molar-refractivity contribution is 0.354. The zero-order chi connectivity index (χ0) is 22.0. The minimum Gasteiger partial charge on any atom is -0.493 e. The standard InChI is InChI=1S/C24H18ClFN2O3/c1-30-21-9-5-6-15(23(21)31-2)10-13-22-27-20-8-4-3-7-17(20)24(29)28(22)16-11-12-19(26)18(25)14-16/h3-14H,1-2H3. The normalized spacial score (nSPS) is 11.2. The van der Waals surface area contributed by atoms with Crippen LogP contribution in [0, 0.1) is 5.82 Å². The van der Waals surface area contributed by atoms with Crippen molar-refractivity contribution in [2.24, 2.45) is 0 Å². The molecule has 1 aromatic heterocycles. The van der Waals surface area contributed by atoms with Gasteiger partial charge in [0.1, 0.15) is 11.6 Å². The van der Waals surface area contributed by atoms with Crippen molar-refractivity contribution in [3.8, 4) is 17.2 Å². The van der Waals surface area contributed by atoms with E-state index in [1.165, 1.54) is 22.8 Å². The quantitative estimate of drug-likeness (QED) is 0.422. The zero-order valence-corrected chi connectivity index (χ0v) is 17.6. The molecule has 0 aliphatic heterocycles. The molecule has 0 amide bonds. The van der Waals surface area contributed by atoms with E-state index in [9.17, 15) is 9.18 Å². The second-order valence-corrected chi connectivity index (χ2v) is 7.05. The number of rotatable bonds is 5. The van der Waals surface area contributed by atoms with Gasteiger partial charge in [0.15, 0.2) is 11.5 Å². The molecule has 0 spiro atoms. The van der Waals surface area contributed by atoms with Gasteiger partial charge in [-0.15, -0.1) is 0 Å². The molecule has 0 saturated heterocycles. The van der Waals surface area contributed by atoms with Gasteiger partial charge in [-0.2, -0.15) is 0 Å². The van der Waals surface area contributed by atoms with Crippen molar-refractivity contribution in [1.82, 2.24) is 9.55 Å². The predicted octanol–water partition coefficient (Wildman–Crippen LogP) is 5.37. The van der Waals surface area contributed by atoms with Crippen molar-refractivity contribution < 1.29 is 13.9 Å². The van der Waals surface area contributed by atoms with Gasteiger partial charge in [0, 0.05) is 5.56 Å². The molecule has 0 atom stereocenters. The fourth-order valence-electron chi connectivity index (χ4n) is 3.34. The maximum atomic E-state index is 13.7. The van der Waals surface area contributed by atoms with Crippen molar-refractivity contribution >= 4 is 34.7 Å². The van der Waals surface area contributed by atoms with Crippen LogP contribution >= 0.6 is 11.6 Å². The van der Waals surface area contributed by atoms with Gasteiger partial charge in [-0.3, -0.25) is 9.36 Å². The molecule has 156 valence electrons. The largest absolute Gasteiger partial charge is 0.493 e. The third kappa shape index (κ3) is 3.90. The third-order valence-electron chi connectivity index (χ3n) is 4.81. The van der Waals surface area contributed by atoms with Crippen LogP contribution in [0.2, 0.25) is 5.02 Å². The number of aromatic nitrogens is 2. The Morgan fingerprint density at radius 2 is 1.81 bits per heavy atom. The van der Waals surface area contributed by atoms with Crippen LogP contribution in [0.1, 0.15) is 11.4 Å². The smallest absolute Gasteiger partial charge is 0.266 e. The van der Waals surface area contributed by atoms with Crippen molar-refractivity contribution in [1.29, 1.82) is 0 Å². The van der Waals surface area contributed by atoms with E-state index in [0.29, 0.717) is 33.9 Å². The second-order valence-electron chi connectivity index (χ2n) is 6.64. The van der Waals surface area contributed by atoms with Crippen molar-refractivity contribution in [3.63, 3.8) is 0 Å². The molecule has 31 heavy (non-hydrogen) atoms. The summed E-state index contributed by atoms with van der Waals surface area (Å²) >= 11 is 5.97. The third-order valence-corrected chi connectivity index (χ3v) is 5.10. The molecule has 0 bridgehead atoms. The first-order valence-electron chi connectivity index (χ1n) is 9.39. The summed E-state index contributed by atoms with van der Waals surface area (Å²) in [4.78, 5) is 17.9. The molecule has 4 aromatic rings. The van der Waals surface area contributed by atoms with Gasteiger partial charge in [-0.05, 0) is 48.6 Å². The lowest BCUT2D eigenvalue weighted by Gasteiger charge is -2.13. The topological polar surface area (TPSA) is 53.3 Å². The lowest BCUT2D eigenvalue weighted by atomic mass is 10.1. The summed E-state index contributed by atoms with van der Waals surface area (Å²) in [5.41, 5.74) is 1.42. The summed E-state index contributed by atoms with van der Waals surface area (Å²) in [6.45, 7) is 0. The van der Waals surface area contributed by atoms with E-state index in [0.717, 1.165) is 5.56 Å². The Labute approximate surface area is 183 Å². The Bertz CT molecular complexity index is 1370. The predicted molar refractivity (Wildman–Crippen MR) is 121 cm³/mol. The fraction of sp³-hybridized carbons (Fsp3) is 0.0833. The highest BCUT2D eigenvalue weighted by Gasteiger charge is 2.13. The highest BCUT2D eigenvalue weighted by molar-refractivity contribution is 6.30. The number of nitrogens with zero attached hydrogens (tertiary/aromatic N) is 2. The highest BCUT2D eigenvalue weighted by atomic mass is 35.5. The van der Waals surface area contributed by atoms with E-state index >= 15 is 0 Å². The number of fused-ring (bicyclic) bond motifs is 1. The number of ether oxygens (including phenoxy) is 2. The van der Waals surface area contributed by atoms with E-state index in [1.54, 1.807) is 50.6 Å². The van der Waals surface area contributed by atoms with E-state index in [2.05, 4.69) is 4.98 Å². The fourth-order valence-corrected chi connectivity index (χ4v) is 3.52. The first kappa shape index (κ1) is 20.6. The summed E-state index contributed by atoms with van der Waals surface area (Å²) in [6, 6.07) is 16.6. The van der Waals surface area contributed by atoms with Gasteiger partial charge in [0.2, 0.25) is 0 Å². The Kier molecular flexibility index (Phi) is 5.73. The number of benzene rings is 3. The summed E-state index contributed by atoms with van der Waals surface area (Å²) in [6.07, 6.45) is 3.47. The summed E-state index contributed by atoms with van der Waals surface area (Å²) in [5, 5.41) is 0.362. The maximum Gasteiger partial charge on any atom is 0.266 e. The molecular weight excluding hydrogens is 419 g/mol. The van der Waals surface area contributed by atoms with Crippen molar-refractivity contribution in [2.75, 3.05) is 14.2 Å². The van der Waals surface area contributed by atoms with Gasteiger partial charge >= 0.3 is 0 Å². The number of hydrogen-bond donors (Lipinski definition) is 0. The van der Waals surface area contributed by atoms with Gasteiger partial charge < -0.3 is 9.47 Å². The average molecular weight is 437 g/mol. The zero-order valence-electron chi connectivity index (χ0n) is 16.8. The van der Waals surface area contributed by atoms with Crippen LogP contribution in [0.3, 0.4) is 0 Å². The number of halogens is 2. The van der Waals surface area contributed by atoms with E-state index in [4.69, 9.17) is 21.1 Å². The van der Waals surface area contributed by atoms with Gasteiger partial charge in [0.25, 0.3) is 5.56 Å². The van der Waals surface area contributed by atoms with E-state index < -0.39 is 5.82 Å². The highest BCUT2D eigenvalue weighted by Crippen LogP contribution is 2.32. The number of para-hydroxylation sites is 2. The van der Waals surface area contributed by atoms with Crippen LogP contribution < -0.4 is 15.0 Å². The minimum atomic E-state index is -0.564. The van der Waals surface area contributed by atoms with Crippen LogP contribution in [0.4, 0.5) is 4.39 Å². The molecule has 3 aromatic carbocycles. The lowest BCUT2D eigenvalue weighted by Crippen LogP contribution is -2.22. The van der Waals surface area contributed by atoms with Gasteiger partial charge in [-0.1, -0.05) is 35.9 Å². The molecule has 0 fully saturated rings. The molecule has 0 N–H and O–H groups in total. The van der Waals surface area contributed by atoms with Crippen LogP contribution in [0.5, 0.6) is 11.5 Å². The van der Waals surface area contributed by atoms with Crippen molar-refractivity contribution in [2.45, 2.75) is 0 Å². The van der Waals surface area contributed by atoms with Crippen molar-refractivity contribution in [3.05, 3.63) is 93.2 Å². The second kappa shape index (κ2) is 8.62. The molecule has 7 heteroatoms. The average Bonchev–Trinajstić information content (AvgIpc) is 2.79. The Balaban J connectivity index is 1.94. The molecule has 0 radical (unpaired) electrons. The summed E-state index contributed by atoms with van der Waals surface area (Å²) < 4.78 is 25.9. The van der Waals surface area contributed by atoms with E-state index in [1.807, 2.05) is 18.2 Å². The van der Waals surface area contributed by atoms with Gasteiger partial charge in [-0.25, -0.2) is 9.37 Å². The molecule has 0 saturated carbocycles. The molecular formula is C24H18ClFN2O3.